The summed E-state index contributed by atoms with van der Waals surface area (Å²) in [5.41, 5.74) is 2.38. The summed E-state index contributed by atoms with van der Waals surface area (Å²) in [6.45, 7) is 0.648. The van der Waals surface area contributed by atoms with Gasteiger partial charge in [-0.25, -0.2) is 0 Å². The summed E-state index contributed by atoms with van der Waals surface area (Å²) < 4.78 is 12.0. The Morgan fingerprint density at radius 2 is 1.80 bits per heavy atom. The number of hydrogen-bond donors (Lipinski definition) is 0. The van der Waals surface area contributed by atoms with Crippen molar-refractivity contribution in [1.29, 1.82) is 0 Å². The molecule has 0 aromatic heterocycles. The van der Waals surface area contributed by atoms with Crippen LogP contribution in [-0.2, 0) is 11.8 Å². The number of alkyl halides is 1. The van der Waals surface area contributed by atoms with E-state index in [1.54, 1.807) is 7.11 Å². The van der Waals surface area contributed by atoms with Crippen molar-refractivity contribution in [1.82, 2.24) is 0 Å². The van der Waals surface area contributed by atoms with E-state index in [1.807, 2.05) is 24.3 Å². The van der Waals surface area contributed by atoms with E-state index in [9.17, 15) is 0 Å². The summed E-state index contributed by atoms with van der Waals surface area (Å²) in [4.78, 5) is 0. The molecule has 0 N–H and O–H groups in total. The molecular weight excluding hydrogens is 384 g/mol. The molecule has 0 spiro atoms. The summed E-state index contributed by atoms with van der Waals surface area (Å²) in [5, 5.41) is 0.782. The highest BCUT2D eigenvalue weighted by Crippen LogP contribution is 2.30. The van der Waals surface area contributed by atoms with E-state index in [1.165, 1.54) is 5.56 Å². The van der Waals surface area contributed by atoms with Gasteiger partial charge in [0.05, 0.1) is 18.2 Å². The molecule has 4 heteroatoms. The number of rotatable bonds is 6. The highest BCUT2D eigenvalue weighted by atomic mass is 79.9. The number of halogens is 2. The van der Waals surface area contributed by atoms with Crippen molar-refractivity contribution in [2.45, 2.75) is 11.8 Å². The number of ether oxygens (including phenoxy) is 2. The number of benzene rings is 2. The predicted octanol–water partition coefficient (Wildman–Crippen LogP) is 4.97. The Kier molecular flexibility index (Phi) is 5.92. The van der Waals surface area contributed by atoms with Crippen LogP contribution >= 0.6 is 31.9 Å². The molecule has 106 valence electrons. The zero-order chi connectivity index (χ0) is 14.4. The quantitative estimate of drug-likeness (QED) is 0.638. The fraction of sp³-hybridized carbons (Fsp3) is 0.250. The molecule has 2 aromatic rings. The van der Waals surface area contributed by atoms with Gasteiger partial charge in [0, 0.05) is 17.3 Å². The molecule has 0 radical (unpaired) electrons. The van der Waals surface area contributed by atoms with E-state index in [0.29, 0.717) is 6.61 Å². The van der Waals surface area contributed by atoms with Gasteiger partial charge in [-0.15, -0.1) is 0 Å². The van der Waals surface area contributed by atoms with Gasteiger partial charge in [-0.05, 0) is 39.7 Å². The zero-order valence-electron chi connectivity index (χ0n) is 11.2. The molecule has 2 aromatic carbocycles. The van der Waals surface area contributed by atoms with E-state index in [-0.39, 0.29) is 0 Å². The lowest BCUT2D eigenvalue weighted by atomic mass is 10.1. The van der Waals surface area contributed by atoms with Gasteiger partial charge in [0.2, 0.25) is 0 Å². The molecule has 2 nitrogen and oxygen atoms in total. The third kappa shape index (κ3) is 4.00. The Hall–Kier alpha value is -1.00. The standard InChI is InChI=1S/C16H16Br2O2/c1-19-14-7-5-12(6-8-14)9-10-20-16-13(11-17)3-2-4-15(16)18/h2-8H,9-11H2,1H3. The van der Waals surface area contributed by atoms with Crippen LogP contribution in [0.4, 0.5) is 0 Å². The average molecular weight is 400 g/mol. The Morgan fingerprint density at radius 3 is 2.45 bits per heavy atom. The number of methoxy groups -OCH3 is 1. The highest BCUT2D eigenvalue weighted by molar-refractivity contribution is 9.10. The van der Waals surface area contributed by atoms with Gasteiger partial charge in [0.25, 0.3) is 0 Å². The van der Waals surface area contributed by atoms with Crippen LogP contribution in [0.1, 0.15) is 11.1 Å². The summed E-state index contributed by atoms with van der Waals surface area (Å²) in [5.74, 6) is 1.79. The molecule has 0 aliphatic carbocycles. The molecule has 0 amide bonds. The van der Waals surface area contributed by atoms with Crippen molar-refractivity contribution in [3.63, 3.8) is 0 Å². The first kappa shape index (κ1) is 15.4. The molecule has 0 atom stereocenters. The zero-order valence-corrected chi connectivity index (χ0v) is 14.4. The fourth-order valence-corrected chi connectivity index (χ4v) is 2.85. The van der Waals surface area contributed by atoms with Crippen LogP contribution in [0.5, 0.6) is 11.5 Å². The van der Waals surface area contributed by atoms with Crippen molar-refractivity contribution in [2.24, 2.45) is 0 Å². The Bertz CT molecular complexity index is 553. The maximum absolute atomic E-state index is 5.91. The van der Waals surface area contributed by atoms with Gasteiger partial charge in [-0.2, -0.15) is 0 Å². The van der Waals surface area contributed by atoms with Crippen LogP contribution in [0.2, 0.25) is 0 Å². The van der Waals surface area contributed by atoms with Gasteiger partial charge in [-0.1, -0.05) is 40.2 Å². The SMILES string of the molecule is COc1ccc(CCOc2c(Br)cccc2CBr)cc1. The minimum atomic E-state index is 0.648. The van der Waals surface area contributed by atoms with Gasteiger partial charge in [-0.3, -0.25) is 0 Å². The Morgan fingerprint density at radius 1 is 1.05 bits per heavy atom. The van der Waals surface area contributed by atoms with Crippen LogP contribution in [0.3, 0.4) is 0 Å². The van der Waals surface area contributed by atoms with Crippen molar-refractivity contribution >= 4 is 31.9 Å². The lowest BCUT2D eigenvalue weighted by Crippen LogP contribution is -2.03. The van der Waals surface area contributed by atoms with Crippen molar-refractivity contribution < 1.29 is 9.47 Å². The average Bonchev–Trinajstić information content (AvgIpc) is 2.49. The lowest BCUT2D eigenvalue weighted by Gasteiger charge is -2.12. The van der Waals surface area contributed by atoms with E-state index in [4.69, 9.17) is 9.47 Å². The van der Waals surface area contributed by atoms with E-state index in [2.05, 4.69) is 50.1 Å². The maximum Gasteiger partial charge on any atom is 0.137 e. The normalized spacial score (nSPS) is 10.3. The molecule has 0 heterocycles. The monoisotopic (exact) mass is 398 g/mol. The van der Waals surface area contributed by atoms with E-state index in [0.717, 1.165) is 33.3 Å². The van der Waals surface area contributed by atoms with Gasteiger partial charge < -0.3 is 9.47 Å². The molecule has 0 saturated carbocycles. The van der Waals surface area contributed by atoms with E-state index < -0.39 is 0 Å². The van der Waals surface area contributed by atoms with Crippen molar-refractivity contribution in [3.8, 4) is 11.5 Å². The van der Waals surface area contributed by atoms with Crippen LogP contribution in [0, 0.1) is 0 Å². The smallest absolute Gasteiger partial charge is 0.137 e. The summed E-state index contributed by atoms with van der Waals surface area (Å²) >= 11 is 7.01. The first-order valence-corrected chi connectivity index (χ1v) is 8.25. The highest BCUT2D eigenvalue weighted by Gasteiger charge is 2.07. The minimum Gasteiger partial charge on any atom is -0.497 e. The number of hydrogen-bond acceptors (Lipinski definition) is 2. The minimum absolute atomic E-state index is 0.648. The van der Waals surface area contributed by atoms with Crippen LogP contribution in [0.15, 0.2) is 46.9 Å². The Labute approximate surface area is 136 Å². The molecule has 20 heavy (non-hydrogen) atoms. The first-order valence-electron chi connectivity index (χ1n) is 6.33. The molecule has 0 bridgehead atoms. The van der Waals surface area contributed by atoms with Crippen LogP contribution in [0.25, 0.3) is 0 Å². The molecule has 0 saturated heterocycles. The molecule has 0 aliphatic heterocycles. The fourth-order valence-electron chi connectivity index (χ4n) is 1.88. The van der Waals surface area contributed by atoms with Gasteiger partial charge in [0.1, 0.15) is 11.5 Å². The second-order valence-electron chi connectivity index (χ2n) is 4.31. The topological polar surface area (TPSA) is 18.5 Å². The predicted molar refractivity (Wildman–Crippen MR) is 89.0 cm³/mol. The lowest BCUT2D eigenvalue weighted by molar-refractivity contribution is 0.317. The largest absolute Gasteiger partial charge is 0.497 e. The summed E-state index contributed by atoms with van der Waals surface area (Å²) in [6, 6.07) is 14.1. The molecule has 0 aliphatic rings. The third-order valence-corrected chi connectivity index (χ3v) is 4.22. The maximum atomic E-state index is 5.91. The molecule has 0 fully saturated rings. The first-order chi connectivity index (χ1) is 9.74. The second kappa shape index (κ2) is 7.70. The van der Waals surface area contributed by atoms with E-state index >= 15 is 0 Å². The molecule has 0 unspecified atom stereocenters. The van der Waals surface area contributed by atoms with Crippen LogP contribution in [-0.4, -0.2) is 13.7 Å². The van der Waals surface area contributed by atoms with Crippen LogP contribution < -0.4 is 9.47 Å². The summed E-state index contributed by atoms with van der Waals surface area (Å²) in [7, 11) is 1.67. The van der Waals surface area contributed by atoms with Gasteiger partial charge in [0.15, 0.2) is 0 Å². The molecule has 2 rings (SSSR count). The Balaban J connectivity index is 1.95. The second-order valence-corrected chi connectivity index (χ2v) is 5.72. The molecular formula is C16H16Br2O2. The summed E-state index contributed by atoms with van der Waals surface area (Å²) in [6.07, 6.45) is 0.868. The van der Waals surface area contributed by atoms with Gasteiger partial charge >= 0.3 is 0 Å². The number of para-hydroxylation sites is 1. The third-order valence-electron chi connectivity index (χ3n) is 2.99. The van der Waals surface area contributed by atoms with Crippen molar-refractivity contribution in [3.05, 3.63) is 58.1 Å². The van der Waals surface area contributed by atoms with Crippen molar-refractivity contribution in [2.75, 3.05) is 13.7 Å².